The van der Waals surface area contributed by atoms with Crippen LogP contribution in [-0.4, -0.2) is 25.4 Å². The van der Waals surface area contributed by atoms with E-state index in [0.29, 0.717) is 17.2 Å². The van der Waals surface area contributed by atoms with Gasteiger partial charge in [0.05, 0.1) is 11.4 Å². The predicted octanol–water partition coefficient (Wildman–Crippen LogP) is 0.937. The average molecular weight is 234 g/mol. The normalized spacial score (nSPS) is 13.2. The molecular formula is C11H14N4O2. The second-order valence-electron chi connectivity index (χ2n) is 4.14. The number of aliphatic carboxylic acids is 1. The largest absolute Gasteiger partial charge is 0.480 e. The van der Waals surface area contributed by atoms with Gasteiger partial charge in [-0.1, -0.05) is 13.8 Å². The molecule has 6 nitrogen and oxygen atoms in total. The molecule has 3 N–H and O–H groups in total. The number of imidazole rings is 1. The first kappa shape index (κ1) is 11.5. The number of nitrogens with two attached hydrogens (primary N) is 1. The van der Waals surface area contributed by atoms with Crippen LogP contribution in [0.1, 0.15) is 37.2 Å². The molecule has 2 aromatic rings. The molecule has 2 heterocycles. The molecule has 17 heavy (non-hydrogen) atoms. The zero-order valence-electron chi connectivity index (χ0n) is 9.66. The minimum absolute atomic E-state index is 0.0945. The van der Waals surface area contributed by atoms with Gasteiger partial charge in [-0.15, -0.1) is 0 Å². The zero-order valence-corrected chi connectivity index (χ0v) is 9.66. The van der Waals surface area contributed by atoms with Gasteiger partial charge in [0.1, 0.15) is 6.04 Å². The molecule has 90 valence electrons. The number of rotatable bonds is 3. The monoisotopic (exact) mass is 234 g/mol. The Morgan fingerprint density at radius 3 is 2.82 bits per heavy atom. The number of hydrogen-bond acceptors (Lipinski definition) is 4. The van der Waals surface area contributed by atoms with Crippen molar-refractivity contribution in [3.05, 3.63) is 29.8 Å². The molecule has 0 aliphatic carbocycles. The molecule has 1 atom stereocenters. The van der Waals surface area contributed by atoms with Gasteiger partial charge in [-0.05, 0) is 12.0 Å². The van der Waals surface area contributed by atoms with Crippen LogP contribution in [0.25, 0.3) is 5.78 Å². The van der Waals surface area contributed by atoms with Gasteiger partial charge in [-0.3, -0.25) is 9.20 Å². The van der Waals surface area contributed by atoms with E-state index in [-0.39, 0.29) is 5.92 Å². The van der Waals surface area contributed by atoms with Crippen LogP contribution < -0.4 is 5.73 Å². The lowest BCUT2D eigenvalue weighted by Crippen LogP contribution is -2.23. The lowest BCUT2D eigenvalue weighted by molar-refractivity contribution is -0.138. The van der Waals surface area contributed by atoms with Crippen LogP contribution in [0, 0.1) is 0 Å². The third-order valence-corrected chi connectivity index (χ3v) is 2.58. The van der Waals surface area contributed by atoms with Crippen molar-refractivity contribution >= 4 is 11.7 Å². The summed E-state index contributed by atoms with van der Waals surface area (Å²) in [5, 5.41) is 9.03. The highest BCUT2D eigenvalue weighted by atomic mass is 16.4. The smallest absolute Gasteiger partial charge is 0.326 e. The van der Waals surface area contributed by atoms with Crippen molar-refractivity contribution in [3.63, 3.8) is 0 Å². The standard InChI is InChI=1S/C11H14N4O2/c1-6(2)8-9(7(12)10(16)17)15-5-3-4-13-11(15)14-8/h3-7H,12H2,1-2H3,(H,16,17). The molecule has 0 bridgehead atoms. The van der Waals surface area contributed by atoms with Crippen molar-refractivity contribution in [2.75, 3.05) is 0 Å². The van der Waals surface area contributed by atoms with Crippen LogP contribution in [0.15, 0.2) is 18.5 Å². The number of hydrogen-bond donors (Lipinski definition) is 2. The first-order valence-electron chi connectivity index (χ1n) is 5.33. The summed E-state index contributed by atoms with van der Waals surface area (Å²) in [6.45, 7) is 3.89. The first-order valence-corrected chi connectivity index (χ1v) is 5.33. The molecule has 2 rings (SSSR count). The summed E-state index contributed by atoms with van der Waals surface area (Å²) < 4.78 is 1.63. The van der Waals surface area contributed by atoms with Gasteiger partial charge >= 0.3 is 5.97 Å². The molecule has 0 saturated carbocycles. The zero-order chi connectivity index (χ0) is 12.6. The minimum Gasteiger partial charge on any atom is -0.480 e. The van der Waals surface area contributed by atoms with E-state index in [1.807, 2.05) is 13.8 Å². The SMILES string of the molecule is CC(C)c1nc2ncccn2c1C(N)C(=O)O. The summed E-state index contributed by atoms with van der Waals surface area (Å²) in [6.07, 6.45) is 3.34. The quantitative estimate of drug-likeness (QED) is 0.824. The molecule has 0 fully saturated rings. The van der Waals surface area contributed by atoms with Gasteiger partial charge in [0.2, 0.25) is 5.78 Å². The molecule has 2 aromatic heterocycles. The topological polar surface area (TPSA) is 93.5 Å². The van der Waals surface area contributed by atoms with E-state index in [9.17, 15) is 4.79 Å². The lowest BCUT2D eigenvalue weighted by atomic mass is 10.0. The number of carboxylic acid groups (broad SMARTS) is 1. The number of carboxylic acids is 1. The fourth-order valence-corrected chi connectivity index (χ4v) is 1.77. The van der Waals surface area contributed by atoms with E-state index in [1.54, 1.807) is 22.9 Å². The van der Waals surface area contributed by atoms with Crippen LogP contribution in [0.4, 0.5) is 0 Å². The maximum absolute atomic E-state index is 11.0. The third kappa shape index (κ3) is 1.87. The van der Waals surface area contributed by atoms with Crippen LogP contribution in [0.5, 0.6) is 0 Å². The van der Waals surface area contributed by atoms with Crippen LogP contribution in [0.2, 0.25) is 0 Å². The summed E-state index contributed by atoms with van der Waals surface area (Å²) >= 11 is 0. The Hall–Kier alpha value is -1.95. The second-order valence-corrected chi connectivity index (χ2v) is 4.14. The van der Waals surface area contributed by atoms with Gasteiger partial charge in [0, 0.05) is 12.4 Å². The van der Waals surface area contributed by atoms with Gasteiger partial charge in [-0.2, -0.15) is 0 Å². The fourth-order valence-electron chi connectivity index (χ4n) is 1.77. The Kier molecular flexibility index (Phi) is 2.81. The Balaban J connectivity index is 2.72. The first-order chi connectivity index (χ1) is 8.02. The van der Waals surface area contributed by atoms with Gasteiger partial charge in [0.15, 0.2) is 0 Å². The molecule has 0 spiro atoms. The molecule has 0 aliphatic heterocycles. The highest BCUT2D eigenvalue weighted by Gasteiger charge is 2.25. The maximum atomic E-state index is 11.0. The van der Waals surface area contributed by atoms with Crippen molar-refractivity contribution < 1.29 is 9.90 Å². The number of aromatic nitrogens is 3. The molecule has 0 saturated heterocycles. The Labute approximate surface area is 98.1 Å². The molecule has 0 radical (unpaired) electrons. The molecule has 6 heteroatoms. The summed E-state index contributed by atoms with van der Waals surface area (Å²) in [7, 11) is 0. The molecule has 0 aliphatic rings. The van der Waals surface area contributed by atoms with Crippen LogP contribution >= 0.6 is 0 Å². The van der Waals surface area contributed by atoms with Crippen LogP contribution in [0.3, 0.4) is 0 Å². The van der Waals surface area contributed by atoms with E-state index in [4.69, 9.17) is 10.8 Å². The van der Waals surface area contributed by atoms with Crippen LogP contribution in [-0.2, 0) is 4.79 Å². The maximum Gasteiger partial charge on any atom is 0.326 e. The van der Waals surface area contributed by atoms with Gasteiger partial charge in [-0.25, -0.2) is 9.97 Å². The number of fused-ring (bicyclic) bond motifs is 1. The van der Waals surface area contributed by atoms with E-state index in [2.05, 4.69) is 9.97 Å². The van der Waals surface area contributed by atoms with Crippen molar-refractivity contribution in [2.24, 2.45) is 5.73 Å². The average Bonchev–Trinajstić information content (AvgIpc) is 2.67. The van der Waals surface area contributed by atoms with E-state index < -0.39 is 12.0 Å². The molecular weight excluding hydrogens is 220 g/mol. The van der Waals surface area contributed by atoms with E-state index in [1.165, 1.54) is 0 Å². The Bertz CT molecular complexity index is 562. The highest BCUT2D eigenvalue weighted by Crippen LogP contribution is 2.24. The highest BCUT2D eigenvalue weighted by molar-refractivity contribution is 5.75. The summed E-state index contributed by atoms with van der Waals surface area (Å²) in [4.78, 5) is 19.4. The molecule has 0 aromatic carbocycles. The summed E-state index contributed by atoms with van der Waals surface area (Å²) in [5.41, 5.74) is 6.87. The summed E-state index contributed by atoms with van der Waals surface area (Å²) in [5.74, 6) is -0.502. The Morgan fingerprint density at radius 2 is 2.24 bits per heavy atom. The van der Waals surface area contributed by atoms with Crippen molar-refractivity contribution in [2.45, 2.75) is 25.8 Å². The molecule has 1 unspecified atom stereocenters. The lowest BCUT2D eigenvalue weighted by Gasteiger charge is -2.10. The van der Waals surface area contributed by atoms with Gasteiger partial charge < -0.3 is 10.8 Å². The van der Waals surface area contributed by atoms with Crippen molar-refractivity contribution in [3.8, 4) is 0 Å². The predicted molar refractivity (Wildman–Crippen MR) is 61.6 cm³/mol. The minimum atomic E-state index is -1.09. The number of carbonyl (C=O) groups is 1. The Morgan fingerprint density at radius 1 is 1.53 bits per heavy atom. The van der Waals surface area contributed by atoms with Gasteiger partial charge in [0.25, 0.3) is 0 Å². The van der Waals surface area contributed by atoms with E-state index >= 15 is 0 Å². The second kappa shape index (κ2) is 4.14. The molecule has 0 amide bonds. The van der Waals surface area contributed by atoms with Crippen molar-refractivity contribution in [1.29, 1.82) is 0 Å². The fraction of sp³-hybridized carbons (Fsp3) is 0.364. The van der Waals surface area contributed by atoms with Crippen molar-refractivity contribution in [1.82, 2.24) is 14.4 Å². The third-order valence-electron chi connectivity index (χ3n) is 2.58. The number of nitrogens with zero attached hydrogens (tertiary/aromatic N) is 3. The summed E-state index contributed by atoms with van der Waals surface area (Å²) in [6, 6.07) is 0.628. The van der Waals surface area contributed by atoms with E-state index in [0.717, 1.165) is 0 Å².